The molecule has 0 saturated carbocycles. The highest BCUT2D eigenvalue weighted by molar-refractivity contribution is 7.93. The summed E-state index contributed by atoms with van der Waals surface area (Å²) in [5.41, 5.74) is 6.07. The third-order valence-electron chi connectivity index (χ3n) is 2.45. The van der Waals surface area contributed by atoms with Gasteiger partial charge in [-0.2, -0.15) is 0 Å². The zero-order valence-corrected chi connectivity index (χ0v) is 11.6. The molecule has 0 atom stereocenters. The highest BCUT2D eigenvalue weighted by atomic mass is 32.2. The van der Waals surface area contributed by atoms with Gasteiger partial charge in [0, 0.05) is 23.7 Å². The van der Waals surface area contributed by atoms with Gasteiger partial charge in [-0.25, -0.2) is 13.4 Å². The summed E-state index contributed by atoms with van der Waals surface area (Å²) in [7, 11) is -3.71. The fourth-order valence-electron chi connectivity index (χ4n) is 1.74. The molecule has 0 saturated heterocycles. The van der Waals surface area contributed by atoms with Crippen molar-refractivity contribution in [1.29, 1.82) is 0 Å². The van der Waals surface area contributed by atoms with Crippen LogP contribution in [0.3, 0.4) is 0 Å². The van der Waals surface area contributed by atoms with Gasteiger partial charge in [-0.05, 0) is 13.8 Å². The molecular weight excluding hydrogens is 274 g/mol. The van der Waals surface area contributed by atoms with Crippen LogP contribution in [-0.4, -0.2) is 13.4 Å². The largest absolute Gasteiger partial charge is 0.465 e. The first-order valence-electron chi connectivity index (χ1n) is 5.17. The average Bonchev–Trinajstić information content (AvgIpc) is 2.85. The van der Waals surface area contributed by atoms with Gasteiger partial charge >= 0.3 is 0 Å². The summed E-state index contributed by atoms with van der Waals surface area (Å²) < 4.78 is 32.2. The SMILES string of the molecule is Cc1oc(C)c(S(=O)(=O)Nc2nccs2)c1CN. The Hall–Kier alpha value is -1.38. The maximum atomic E-state index is 12.3. The summed E-state index contributed by atoms with van der Waals surface area (Å²) >= 11 is 1.21. The monoisotopic (exact) mass is 287 g/mol. The Labute approximate surface area is 109 Å². The Morgan fingerprint density at radius 1 is 1.44 bits per heavy atom. The molecule has 6 nitrogen and oxygen atoms in total. The van der Waals surface area contributed by atoms with Gasteiger partial charge in [0.05, 0.1) is 0 Å². The van der Waals surface area contributed by atoms with Gasteiger partial charge in [-0.3, -0.25) is 4.72 Å². The Morgan fingerprint density at radius 3 is 2.72 bits per heavy atom. The van der Waals surface area contributed by atoms with Crippen LogP contribution in [0.4, 0.5) is 5.13 Å². The minimum absolute atomic E-state index is 0.108. The van der Waals surface area contributed by atoms with Gasteiger partial charge in [0.15, 0.2) is 5.13 Å². The number of aromatic nitrogens is 1. The molecule has 2 rings (SSSR count). The van der Waals surface area contributed by atoms with E-state index in [9.17, 15) is 8.42 Å². The molecule has 0 amide bonds. The number of nitrogens with zero attached hydrogens (tertiary/aromatic N) is 1. The number of sulfonamides is 1. The molecule has 0 aliphatic carbocycles. The van der Waals surface area contributed by atoms with Gasteiger partial charge in [0.25, 0.3) is 10.0 Å². The molecule has 0 aromatic carbocycles. The maximum Gasteiger partial charge on any atom is 0.267 e. The zero-order chi connectivity index (χ0) is 13.3. The van der Waals surface area contributed by atoms with Gasteiger partial charge in [0.1, 0.15) is 16.4 Å². The smallest absolute Gasteiger partial charge is 0.267 e. The number of nitrogens with two attached hydrogens (primary N) is 1. The van der Waals surface area contributed by atoms with E-state index in [-0.39, 0.29) is 11.4 Å². The maximum absolute atomic E-state index is 12.3. The molecule has 0 bridgehead atoms. The van der Waals surface area contributed by atoms with Crippen molar-refractivity contribution in [1.82, 2.24) is 4.98 Å². The minimum atomic E-state index is -3.71. The molecule has 2 aromatic rings. The number of rotatable bonds is 4. The van der Waals surface area contributed by atoms with E-state index < -0.39 is 10.0 Å². The first-order chi connectivity index (χ1) is 8.45. The molecule has 0 spiro atoms. The number of hydrogen-bond donors (Lipinski definition) is 2. The van der Waals surface area contributed by atoms with Gasteiger partial charge in [-0.1, -0.05) is 0 Å². The van der Waals surface area contributed by atoms with Crippen LogP contribution in [0.15, 0.2) is 20.9 Å². The molecular formula is C10H13N3O3S2. The van der Waals surface area contributed by atoms with Crippen molar-refractivity contribution in [2.24, 2.45) is 5.73 Å². The highest BCUT2D eigenvalue weighted by Gasteiger charge is 2.26. The van der Waals surface area contributed by atoms with E-state index in [1.54, 1.807) is 19.2 Å². The predicted octanol–water partition coefficient (Wildman–Crippen LogP) is 1.61. The molecule has 0 fully saturated rings. The minimum Gasteiger partial charge on any atom is -0.465 e. The third kappa shape index (κ3) is 2.26. The van der Waals surface area contributed by atoms with E-state index >= 15 is 0 Å². The Kier molecular flexibility index (Phi) is 3.42. The summed E-state index contributed by atoms with van der Waals surface area (Å²) in [6, 6.07) is 0. The number of furan rings is 1. The van der Waals surface area contributed by atoms with Crippen molar-refractivity contribution in [3.8, 4) is 0 Å². The zero-order valence-electron chi connectivity index (χ0n) is 9.93. The molecule has 0 radical (unpaired) electrons. The number of aryl methyl sites for hydroxylation is 2. The second-order valence-electron chi connectivity index (χ2n) is 3.67. The third-order valence-corrected chi connectivity index (χ3v) is 4.80. The Balaban J connectivity index is 2.47. The highest BCUT2D eigenvalue weighted by Crippen LogP contribution is 2.28. The lowest BCUT2D eigenvalue weighted by Gasteiger charge is -2.05. The van der Waals surface area contributed by atoms with Crippen LogP contribution in [0.5, 0.6) is 0 Å². The second-order valence-corrected chi connectivity index (χ2v) is 6.18. The summed E-state index contributed by atoms with van der Waals surface area (Å²) in [5, 5.41) is 2.01. The lowest BCUT2D eigenvalue weighted by Crippen LogP contribution is -2.16. The Bertz CT molecular complexity index is 644. The topological polar surface area (TPSA) is 98.2 Å². The molecule has 0 aliphatic heterocycles. The normalized spacial score (nSPS) is 11.7. The molecule has 2 heterocycles. The fraction of sp³-hybridized carbons (Fsp3) is 0.300. The number of nitrogens with one attached hydrogen (secondary N) is 1. The Morgan fingerprint density at radius 2 is 2.17 bits per heavy atom. The molecule has 2 aromatic heterocycles. The first-order valence-corrected chi connectivity index (χ1v) is 7.53. The predicted molar refractivity (Wildman–Crippen MR) is 69.0 cm³/mol. The quantitative estimate of drug-likeness (QED) is 0.890. The van der Waals surface area contributed by atoms with Crippen LogP contribution in [0.2, 0.25) is 0 Å². The number of anilines is 1. The van der Waals surface area contributed by atoms with Crippen molar-refractivity contribution in [2.45, 2.75) is 25.3 Å². The molecule has 3 N–H and O–H groups in total. The van der Waals surface area contributed by atoms with E-state index in [2.05, 4.69) is 9.71 Å². The first kappa shape index (κ1) is 13.1. The van der Waals surface area contributed by atoms with Crippen molar-refractivity contribution in [3.05, 3.63) is 28.7 Å². The van der Waals surface area contributed by atoms with Crippen molar-refractivity contribution in [3.63, 3.8) is 0 Å². The van der Waals surface area contributed by atoms with Crippen LogP contribution < -0.4 is 10.5 Å². The molecule has 18 heavy (non-hydrogen) atoms. The van der Waals surface area contributed by atoms with E-state index in [1.807, 2.05) is 0 Å². The van der Waals surface area contributed by atoms with Gasteiger partial charge < -0.3 is 10.2 Å². The van der Waals surface area contributed by atoms with E-state index in [1.165, 1.54) is 17.5 Å². The van der Waals surface area contributed by atoms with Gasteiger partial charge in [0.2, 0.25) is 0 Å². The van der Waals surface area contributed by atoms with Crippen molar-refractivity contribution >= 4 is 26.5 Å². The van der Waals surface area contributed by atoms with E-state index in [4.69, 9.17) is 10.2 Å². The molecule has 8 heteroatoms. The summed E-state index contributed by atoms with van der Waals surface area (Å²) in [6.07, 6.45) is 1.53. The van der Waals surface area contributed by atoms with Crippen LogP contribution in [0.25, 0.3) is 0 Å². The summed E-state index contributed by atoms with van der Waals surface area (Å²) in [5.74, 6) is 0.853. The lowest BCUT2D eigenvalue weighted by atomic mass is 10.2. The average molecular weight is 287 g/mol. The molecule has 0 aliphatic rings. The van der Waals surface area contributed by atoms with E-state index in [0.717, 1.165) is 0 Å². The van der Waals surface area contributed by atoms with Crippen LogP contribution in [-0.2, 0) is 16.6 Å². The molecule has 98 valence electrons. The summed E-state index contributed by atoms with van der Waals surface area (Å²) in [4.78, 5) is 3.99. The number of hydrogen-bond acceptors (Lipinski definition) is 6. The van der Waals surface area contributed by atoms with E-state index in [0.29, 0.717) is 22.2 Å². The van der Waals surface area contributed by atoms with Gasteiger partial charge in [-0.15, -0.1) is 11.3 Å². The molecule has 0 unspecified atom stereocenters. The standard InChI is InChI=1S/C10H13N3O3S2/c1-6-8(5-11)9(7(2)16-6)18(14,15)13-10-12-3-4-17-10/h3-4H,5,11H2,1-2H3,(H,12,13). The lowest BCUT2D eigenvalue weighted by molar-refractivity contribution is 0.494. The van der Waals surface area contributed by atoms with Crippen molar-refractivity contribution < 1.29 is 12.8 Å². The number of thiazole rings is 1. The fourth-order valence-corrected chi connectivity index (χ4v) is 3.99. The van der Waals surface area contributed by atoms with Crippen LogP contribution in [0.1, 0.15) is 17.1 Å². The van der Waals surface area contributed by atoms with Crippen LogP contribution >= 0.6 is 11.3 Å². The summed E-state index contributed by atoms with van der Waals surface area (Å²) in [6.45, 7) is 3.40. The van der Waals surface area contributed by atoms with Crippen LogP contribution in [0, 0.1) is 13.8 Å². The second kappa shape index (κ2) is 4.71. The van der Waals surface area contributed by atoms with Crippen molar-refractivity contribution in [2.75, 3.05) is 4.72 Å².